The number of rotatable bonds is 7. The van der Waals surface area contributed by atoms with Gasteiger partial charge in [-0.1, -0.05) is 26.7 Å². The third-order valence-corrected chi connectivity index (χ3v) is 5.79. The van der Waals surface area contributed by atoms with Gasteiger partial charge in [-0.2, -0.15) is 0 Å². The maximum atomic E-state index is 10.6. The molecule has 0 radical (unpaired) electrons. The first-order chi connectivity index (χ1) is 12.5. The molecule has 2 N–H and O–H groups in total. The summed E-state index contributed by atoms with van der Waals surface area (Å²) >= 11 is 0. The van der Waals surface area contributed by atoms with Gasteiger partial charge in [0.1, 0.15) is 11.6 Å². The summed E-state index contributed by atoms with van der Waals surface area (Å²) in [5.74, 6) is 2.17. The van der Waals surface area contributed by atoms with Crippen molar-refractivity contribution in [2.75, 3.05) is 0 Å². The minimum atomic E-state index is 0.0779. The number of phenols is 1. The van der Waals surface area contributed by atoms with Gasteiger partial charge in [0.2, 0.25) is 6.41 Å². The van der Waals surface area contributed by atoms with Crippen molar-refractivity contribution in [3.63, 3.8) is 0 Å². The van der Waals surface area contributed by atoms with Crippen LogP contribution in [-0.2, 0) is 17.6 Å². The summed E-state index contributed by atoms with van der Waals surface area (Å²) in [5.41, 5.74) is 2.97. The molecule has 5 heteroatoms. The van der Waals surface area contributed by atoms with E-state index in [-0.39, 0.29) is 6.04 Å². The Bertz CT molecular complexity index is 768. The largest absolute Gasteiger partial charge is 0.508 e. The Balaban J connectivity index is 1.99. The van der Waals surface area contributed by atoms with E-state index in [1.54, 1.807) is 6.07 Å². The minimum Gasteiger partial charge on any atom is -0.508 e. The maximum absolute atomic E-state index is 10.6. The van der Waals surface area contributed by atoms with E-state index in [0.717, 1.165) is 47.6 Å². The molecule has 1 aliphatic carbocycles. The van der Waals surface area contributed by atoms with Gasteiger partial charge < -0.3 is 15.0 Å². The quantitative estimate of drug-likeness (QED) is 0.733. The van der Waals surface area contributed by atoms with Gasteiger partial charge in [0.25, 0.3) is 0 Å². The maximum Gasteiger partial charge on any atom is 0.207 e. The van der Waals surface area contributed by atoms with E-state index in [2.05, 4.69) is 23.7 Å². The number of aromatic nitrogens is 2. The van der Waals surface area contributed by atoms with Crippen molar-refractivity contribution in [3.8, 4) is 5.75 Å². The number of carbonyl (C=O) groups excluding carboxylic acids is 1. The number of hydrogen-bond acceptors (Lipinski definition) is 3. The highest BCUT2D eigenvalue weighted by molar-refractivity contribution is 5.82. The number of fused-ring (bicyclic) bond motifs is 1. The van der Waals surface area contributed by atoms with Crippen LogP contribution in [0.3, 0.4) is 0 Å². The summed E-state index contributed by atoms with van der Waals surface area (Å²) in [6.07, 6.45) is 8.11. The van der Waals surface area contributed by atoms with Gasteiger partial charge in [-0.15, -0.1) is 0 Å². The number of aryl methyl sites for hydroxylation is 2. The monoisotopic (exact) mass is 357 g/mol. The van der Waals surface area contributed by atoms with E-state index >= 15 is 0 Å². The molecule has 0 aliphatic heterocycles. The molecular weight excluding hydrogens is 326 g/mol. The first-order valence-corrected chi connectivity index (χ1v) is 9.96. The Morgan fingerprint density at radius 1 is 1.42 bits per heavy atom. The van der Waals surface area contributed by atoms with Crippen molar-refractivity contribution in [1.29, 1.82) is 0 Å². The summed E-state index contributed by atoms with van der Waals surface area (Å²) < 4.78 is 2.43. The number of hydrogen-bond donors (Lipinski definition) is 2. The molecule has 5 nitrogen and oxygen atoms in total. The van der Waals surface area contributed by atoms with Crippen LogP contribution < -0.4 is 5.32 Å². The predicted molar refractivity (Wildman–Crippen MR) is 104 cm³/mol. The number of carbonyl (C=O) groups is 1. The summed E-state index contributed by atoms with van der Waals surface area (Å²) in [7, 11) is 0. The molecule has 1 amide bonds. The SMILES string of the molecule is CCc1nc2c(CCC(C)NC=O)c(O)ccc2n1C1CCCC(C)C1. The van der Waals surface area contributed by atoms with Crippen molar-refractivity contribution in [2.45, 2.75) is 77.8 Å². The van der Waals surface area contributed by atoms with Crippen molar-refractivity contribution < 1.29 is 9.90 Å². The summed E-state index contributed by atoms with van der Waals surface area (Å²) in [4.78, 5) is 15.5. The standard InChI is InChI=1S/C21H31N3O2/c1-4-20-23-21-17(9-8-15(3)22-13-25)19(26)11-10-18(21)24(20)16-7-5-6-14(2)12-16/h10-11,13-16,26H,4-9,12H2,1-3H3,(H,22,25). The molecule has 1 fully saturated rings. The average Bonchev–Trinajstić information content (AvgIpc) is 2.99. The normalized spacial score (nSPS) is 21.7. The summed E-state index contributed by atoms with van der Waals surface area (Å²) in [6, 6.07) is 4.41. The van der Waals surface area contributed by atoms with E-state index in [9.17, 15) is 9.90 Å². The molecule has 0 bridgehead atoms. The van der Waals surface area contributed by atoms with Gasteiger partial charge in [0, 0.05) is 24.1 Å². The van der Waals surface area contributed by atoms with Crippen molar-refractivity contribution in [2.24, 2.45) is 5.92 Å². The number of phenolic OH excluding ortho intramolecular Hbond substituents is 1. The Morgan fingerprint density at radius 2 is 2.23 bits per heavy atom. The lowest BCUT2D eigenvalue weighted by Crippen LogP contribution is -2.24. The lowest BCUT2D eigenvalue weighted by molar-refractivity contribution is -0.110. The average molecular weight is 357 g/mol. The van der Waals surface area contributed by atoms with Gasteiger partial charge in [-0.3, -0.25) is 4.79 Å². The number of nitrogens with zero attached hydrogens (tertiary/aromatic N) is 2. The summed E-state index contributed by atoms with van der Waals surface area (Å²) in [6.45, 7) is 6.47. The second-order valence-electron chi connectivity index (χ2n) is 7.83. The molecule has 0 saturated heterocycles. The first-order valence-electron chi connectivity index (χ1n) is 9.96. The molecule has 3 atom stereocenters. The lowest BCUT2D eigenvalue weighted by Gasteiger charge is -2.29. The lowest BCUT2D eigenvalue weighted by atomic mass is 9.86. The molecule has 26 heavy (non-hydrogen) atoms. The molecule has 1 aromatic carbocycles. The molecule has 1 heterocycles. The van der Waals surface area contributed by atoms with Crippen LogP contribution >= 0.6 is 0 Å². The van der Waals surface area contributed by atoms with Crippen molar-refractivity contribution in [1.82, 2.24) is 14.9 Å². The van der Waals surface area contributed by atoms with E-state index < -0.39 is 0 Å². The Labute approximate surface area is 155 Å². The fourth-order valence-electron chi connectivity index (χ4n) is 4.35. The fraction of sp³-hybridized carbons (Fsp3) is 0.619. The third-order valence-electron chi connectivity index (χ3n) is 5.79. The van der Waals surface area contributed by atoms with Gasteiger partial charge in [-0.05, 0) is 50.7 Å². The zero-order valence-corrected chi connectivity index (χ0v) is 16.2. The van der Waals surface area contributed by atoms with Crippen LogP contribution in [-0.4, -0.2) is 27.1 Å². The van der Waals surface area contributed by atoms with Crippen LogP contribution in [0.5, 0.6) is 5.75 Å². The molecular formula is C21H31N3O2. The molecule has 1 aromatic heterocycles. The highest BCUT2D eigenvalue weighted by atomic mass is 16.3. The van der Waals surface area contributed by atoms with E-state index in [1.807, 2.05) is 13.0 Å². The minimum absolute atomic E-state index is 0.0779. The van der Waals surface area contributed by atoms with Gasteiger partial charge in [0.05, 0.1) is 11.0 Å². The number of imidazole rings is 1. The number of nitrogens with one attached hydrogen (secondary N) is 1. The van der Waals surface area contributed by atoms with E-state index in [1.165, 1.54) is 25.7 Å². The van der Waals surface area contributed by atoms with Crippen molar-refractivity contribution in [3.05, 3.63) is 23.5 Å². The predicted octanol–water partition coefficient (Wildman–Crippen LogP) is 4.12. The number of amides is 1. The third kappa shape index (κ3) is 3.71. The second-order valence-corrected chi connectivity index (χ2v) is 7.83. The first kappa shape index (κ1) is 18.7. The molecule has 142 valence electrons. The van der Waals surface area contributed by atoms with E-state index in [0.29, 0.717) is 18.2 Å². The zero-order chi connectivity index (χ0) is 18.7. The number of aromatic hydroxyl groups is 1. The second kappa shape index (κ2) is 8.11. The van der Waals surface area contributed by atoms with Crippen LogP contribution in [0.1, 0.15) is 70.3 Å². The molecule has 1 aliphatic rings. The van der Waals surface area contributed by atoms with Crippen LogP contribution in [0.25, 0.3) is 11.0 Å². The smallest absolute Gasteiger partial charge is 0.207 e. The van der Waals surface area contributed by atoms with Crippen LogP contribution in [0.2, 0.25) is 0 Å². The zero-order valence-electron chi connectivity index (χ0n) is 16.2. The Hall–Kier alpha value is -2.04. The Morgan fingerprint density at radius 3 is 2.92 bits per heavy atom. The van der Waals surface area contributed by atoms with Gasteiger partial charge in [0.15, 0.2) is 0 Å². The summed E-state index contributed by atoms with van der Waals surface area (Å²) in [5, 5.41) is 13.2. The van der Waals surface area contributed by atoms with Gasteiger partial charge in [-0.25, -0.2) is 4.98 Å². The molecule has 1 saturated carbocycles. The highest BCUT2D eigenvalue weighted by Gasteiger charge is 2.25. The Kier molecular flexibility index (Phi) is 5.84. The fourth-order valence-corrected chi connectivity index (χ4v) is 4.35. The molecule has 0 spiro atoms. The molecule has 2 aromatic rings. The molecule has 3 rings (SSSR count). The number of benzene rings is 1. The molecule has 3 unspecified atom stereocenters. The van der Waals surface area contributed by atoms with Crippen LogP contribution in [0.15, 0.2) is 12.1 Å². The van der Waals surface area contributed by atoms with Crippen LogP contribution in [0.4, 0.5) is 0 Å². The van der Waals surface area contributed by atoms with Crippen molar-refractivity contribution >= 4 is 17.4 Å². The van der Waals surface area contributed by atoms with E-state index in [4.69, 9.17) is 4.98 Å². The van der Waals surface area contributed by atoms with Crippen LogP contribution in [0, 0.1) is 5.92 Å². The highest BCUT2D eigenvalue weighted by Crippen LogP contribution is 2.37. The topological polar surface area (TPSA) is 67.2 Å². The van der Waals surface area contributed by atoms with Gasteiger partial charge >= 0.3 is 0 Å².